The lowest BCUT2D eigenvalue weighted by Crippen LogP contribution is -2.51. The number of likely N-dealkylation sites (N-methyl/N-ethyl adjacent to an activating group) is 1. The summed E-state index contributed by atoms with van der Waals surface area (Å²) in [4.78, 5) is 19.3. The minimum Gasteiger partial charge on any atom is -0.466 e. The van der Waals surface area contributed by atoms with E-state index in [-0.39, 0.29) is 12.0 Å². The number of hydrogen-bond donors (Lipinski definition) is 0. The molecule has 1 aliphatic heterocycles. The van der Waals surface area contributed by atoms with Crippen LogP contribution in [0.3, 0.4) is 0 Å². The fourth-order valence-electron chi connectivity index (χ4n) is 3.42. The van der Waals surface area contributed by atoms with Crippen molar-refractivity contribution < 1.29 is 9.53 Å². The first-order valence-corrected chi connectivity index (χ1v) is 10.1. The van der Waals surface area contributed by atoms with Crippen LogP contribution < -0.4 is 4.90 Å². The zero-order valence-electron chi connectivity index (χ0n) is 17.0. The molecule has 1 aromatic rings. The third kappa shape index (κ3) is 7.35. The molecule has 0 radical (unpaired) electrons. The number of carbonyl (C=O) groups excluding carboxylic acids is 1. The van der Waals surface area contributed by atoms with Crippen LogP contribution in [-0.4, -0.2) is 74.7 Å². The summed E-state index contributed by atoms with van der Waals surface area (Å²) < 4.78 is 5.39. The maximum atomic E-state index is 12.2. The number of nitrogens with zero attached hydrogens (tertiary/aromatic N) is 3. The number of rotatable bonds is 11. The summed E-state index contributed by atoms with van der Waals surface area (Å²) in [7, 11) is 2.06. The molecule has 0 bridgehead atoms. The molecule has 27 heavy (non-hydrogen) atoms. The third-order valence-corrected chi connectivity index (χ3v) is 5.17. The van der Waals surface area contributed by atoms with Gasteiger partial charge in [0.1, 0.15) is 0 Å². The van der Waals surface area contributed by atoms with Crippen LogP contribution in [0.5, 0.6) is 0 Å². The highest BCUT2D eigenvalue weighted by atomic mass is 16.5. The summed E-state index contributed by atoms with van der Waals surface area (Å²) >= 11 is 0. The van der Waals surface area contributed by atoms with E-state index < -0.39 is 0 Å². The maximum absolute atomic E-state index is 12.2. The quantitative estimate of drug-likeness (QED) is 0.338. The van der Waals surface area contributed by atoms with Crippen molar-refractivity contribution in [3.8, 4) is 0 Å². The number of unbranched alkanes of at least 4 members (excludes halogenated alkanes) is 1. The molecule has 1 atom stereocenters. The highest BCUT2D eigenvalue weighted by Gasteiger charge is 2.24. The van der Waals surface area contributed by atoms with E-state index in [4.69, 9.17) is 4.74 Å². The molecule has 2 rings (SSSR count). The molecule has 0 amide bonds. The van der Waals surface area contributed by atoms with Gasteiger partial charge in [-0.2, -0.15) is 0 Å². The minimum absolute atomic E-state index is 0.0905. The number of piperazine rings is 1. The van der Waals surface area contributed by atoms with Gasteiger partial charge in [-0.1, -0.05) is 37.6 Å². The Morgan fingerprint density at radius 1 is 1.26 bits per heavy atom. The van der Waals surface area contributed by atoms with Crippen molar-refractivity contribution in [1.29, 1.82) is 0 Å². The van der Waals surface area contributed by atoms with Crippen LogP contribution in [-0.2, 0) is 9.53 Å². The van der Waals surface area contributed by atoms with Gasteiger partial charge in [0.2, 0.25) is 0 Å². The Balaban J connectivity index is 1.85. The number of carbonyl (C=O) groups is 1. The number of benzene rings is 1. The molecule has 1 aliphatic rings. The number of para-hydroxylation sites is 1. The second-order valence-corrected chi connectivity index (χ2v) is 7.28. The molecular weight excluding hydrogens is 338 g/mol. The summed E-state index contributed by atoms with van der Waals surface area (Å²) in [5.41, 5.74) is 1.29. The van der Waals surface area contributed by atoms with E-state index in [0.29, 0.717) is 13.0 Å². The van der Waals surface area contributed by atoms with Crippen molar-refractivity contribution in [3.05, 3.63) is 43.0 Å². The van der Waals surface area contributed by atoms with E-state index in [1.807, 2.05) is 6.08 Å². The van der Waals surface area contributed by atoms with E-state index in [0.717, 1.165) is 52.1 Å². The molecule has 5 nitrogen and oxygen atoms in total. The Kier molecular flexibility index (Phi) is 9.36. The topological polar surface area (TPSA) is 36.0 Å². The van der Waals surface area contributed by atoms with E-state index in [9.17, 15) is 4.79 Å². The molecule has 1 unspecified atom stereocenters. The van der Waals surface area contributed by atoms with Crippen molar-refractivity contribution in [3.63, 3.8) is 0 Å². The summed E-state index contributed by atoms with van der Waals surface area (Å²) in [5.74, 6) is -0.0905. The molecule has 0 saturated carbocycles. The zero-order chi connectivity index (χ0) is 19.5. The second-order valence-electron chi connectivity index (χ2n) is 7.28. The predicted octanol–water partition coefficient (Wildman–Crippen LogP) is 3.03. The number of hydrogen-bond acceptors (Lipinski definition) is 5. The first-order chi connectivity index (χ1) is 13.1. The van der Waals surface area contributed by atoms with Crippen LogP contribution in [0.4, 0.5) is 5.69 Å². The summed E-state index contributed by atoms with van der Waals surface area (Å²) in [6.45, 7) is 12.2. The smallest absolute Gasteiger partial charge is 0.307 e. The number of esters is 1. The van der Waals surface area contributed by atoms with Gasteiger partial charge in [-0.15, -0.1) is 6.58 Å². The van der Waals surface area contributed by atoms with E-state index in [1.54, 1.807) is 0 Å². The van der Waals surface area contributed by atoms with Crippen LogP contribution in [0.2, 0.25) is 0 Å². The van der Waals surface area contributed by atoms with Crippen LogP contribution in [0, 0.1) is 0 Å². The Labute approximate surface area is 164 Å². The molecule has 0 spiro atoms. The van der Waals surface area contributed by atoms with E-state index in [2.05, 4.69) is 65.6 Å². The van der Waals surface area contributed by atoms with Gasteiger partial charge in [-0.25, -0.2) is 0 Å². The van der Waals surface area contributed by atoms with Gasteiger partial charge in [-0.3, -0.25) is 14.6 Å². The van der Waals surface area contributed by atoms with Gasteiger partial charge in [0.25, 0.3) is 0 Å². The van der Waals surface area contributed by atoms with Gasteiger partial charge < -0.3 is 9.64 Å². The van der Waals surface area contributed by atoms with Gasteiger partial charge in [0.05, 0.1) is 13.0 Å². The predicted molar refractivity (Wildman–Crippen MR) is 112 cm³/mol. The van der Waals surface area contributed by atoms with Gasteiger partial charge in [-0.05, 0) is 25.6 Å². The summed E-state index contributed by atoms with van der Waals surface area (Å²) in [5, 5.41) is 0. The largest absolute Gasteiger partial charge is 0.466 e. The Hall–Kier alpha value is -1.85. The van der Waals surface area contributed by atoms with Crippen molar-refractivity contribution in [2.24, 2.45) is 0 Å². The van der Waals surface area contributed by atoms with Crippen molar-refractivity contribution in [2.75, 3.05) is 57.8 Å². The molecular formula is C22H35N3O2. The van der Waals surface area contributed by atoms with E-state index in [1.165, 1.54) is 5.69 Å². The Morgan fingerprint density at radius 2 is 1.96 bits per heavy atom. The minimum atomic E-state index is -0.0905. The monoisotopic (exact) mass is 373 g/mol. The zero-order valence-corrected chi connectivity index (χ0v) is 17.0. The number of ether oxygens (including phenoxy) is 1. The Bertz CT molecular complexity index is 556. The third-order valence-electron chi connectivity index (χ3n) is 5.17. The lowest BCUT2D eigenvalue weighted by Gasteiger charge is -2.39. The SMILES string of the molecule is C=CCN(C)C(CC(=O)OCCCC)CN1CCN(c2ccccc2)CC1. The maximum Gasteiger partial charge on any atom is 0.307 e. The molecule has 0 aliphatic carbocycles. The molecule has 0 aromatic heterocycles. The average molecular weight is 374 g/mol. The lowest BCUT2D eigenvalue weighted by atomic mass is 10.1. The van der Waals surface area contributed by atoms with Crippen molar-refractivity contribution in [1.82, 2.24) is 9.80 Å². The van der Waals surface area contributed by atoms with E-state index >= 15 is 0 Å². The van der Waals surface area contributed by atoms with Crippen molar-refractivity contribution in [2.45, 2.75) is 32.2 Å². The fraction of sp³-hybridized carbons (Fsp3) is 0.591. The summed E-state index contributed by atoms with van der Waals surface area (Å²) in [6, 6.07) is 10.7. The standard InChI is InChI=1S/C22H35N3O2/c1-4-6-17-27-22(26)18-21(23(3)12-5-2)19-24-13-15-25(16-14-24)20-10-8-7-9-11-20/h5,7-11,21H,2,4,6,12-19H2,1,3H3. The van der Waals surface area contributed by atoms with Gasteiger partial charge >= 0.3 is 5.97 Å². The molecule has 1 fully saturated rings. The molecule has 5 heteroatoms. The molecule has 0 N–H and O–H groups in total. The normalized spacial score (nSPS) is 16.3. The first-order valence-electron chi connectivity index (χ1n) is 10.1. The Morgan fingerprint density at radius 3 is 2.59 bits per heavy atom. The second kappa shape index (κ2) is 11.8. The average Bonchev–Trinajstić information content (AvgIpc) is 2.69. The molecule has 1 heterocycles. The van der Waals surface area contributed by atoms with Crippen LogP contribution in [0.1, 0.15) is 26.2 Å². The highest BCUT2D eigenvalue weighted by molar-refractivity contribution is 5.70. The molecule has 1 aromatic carbocycles. The first kappa shape index (κ1) is 21.5. The van der Waals surface area contributed by atoms with Gasteiger partial charge in [0, 0.05) is 51.0 Å². The van der Waals surface area contributed by atoms with Crippen LogP contribution in [0.25, 0.3) is 0 Å². The number of anilines is 1. The molecule has 1 saturated heterocycles. The fourth-order valence-corrected chi connectivity index (χ4v) is 3.42. The molecule has 150 valence electrons. The van der Waals surface area contributed by atoms with Gasteiger partial charge in [0.15, 0.2) is 0 Å². The lowest BCUT2D eigenvalue weighted by molar-refractivity contribution is -0.145. The summed E-state index contributed by atoms with van der Waals surface area (Å²) in [6.07, 6.45) is 4.30. The highest BCUT2D eigenvalue weighted by Crippen LogP contribution is 2.16. The van der Waals surface area contributed by atoms with Crippen LogP contribution in [0.15, 0.2) is 43.0 Å². The van der Waals surface area contributed by atoms with Crippen LogP contribution >= 0.6 is 0 Å². The van der Waals surface area contributed by atoms with Crippen molar-refractivity contribution >= 4 is 11.7 Å².